The van der Waals surface area contributed by atoms with E-state index in [0.29, 0.717) is 0 Å². The molecule has 0 radical (unpaired) electrons. The van der Waals surface area contributed by atoms with E-state index in [9.17, 15) is 34.8 Å². The van der Waals surface area contributed by atoms with Crippen molar-refractivity contribution in [2.45, 2.75) is 70.3 Å². The van der Waals surface area contributed by atoms with E-state index in [1.165, 1.54) is 6.92 Å². The number of aliphatic hydroxyl groups excluding tert-OH is 6. The second-order valence-corrected chi connectivity index (χ2v) is 12.8. The molecule has 22 heteroatoms. The lowest BCUT2D eigenvalue weighted by Gasteiger charge is -2.29. The molecule has 0 bridgehead atoms. The minimum absolute atomic E-state index is 0.00295. The van der Waals surface area contributed by atoms with Gasteiger partial charge in [0.1, 0.15) is 18.5 Å². The van der Waals surface area contributed by atoms with E-state index in [2.05, 4.69) is 10.6 Å². The Morgan fingerprint density at radius 3 is 1.51 bits per heavy atom. The third kappa shape index (κ3) is 32.5. The minimum Gasteiger partial charge on any atom is -0.394 e. The quantitative estimate of drug-likeness (QED) is 0.0160. The van der Waals surface area contributed by atoms with Crippen molar-refractivity contribution in [3.05, 3.63) is 0 Å². The van der Waals surface area contributed by atoms with E-state index >= 15 is 0 Å². The molecule has 22 nitrogen and oxygen atoms in total. The molecule has 0 spiro atoms. The molecule has 0 aromatic rings. The zero-order valence-electron chi connectivity index (χ0n) is 33.2. The van der Waals surface area contributed by atoms with Crippen LogP contribution in [0.15, 0.2) is 0 Å². The average Bonchev–Trinajstić information content (AvgIpc) is 3.18. The first kappa shape index (κ1) is 54.9. The van der Waals surface area contributed by atoms with Crippen LogP contribution >= 0.6 is 0 Å². The van der Waals surface area contributed by atoms with Gasteiger partial charge in [-0.05, 0) is 6.92 Å². The standard InChI is InChI=1S/C35H68N2O20/c1-27(41)29(23-40)57-34(28(42)22-39)56-21-19-51-17-15-49-13-7-37-31(44)5-11-54-26-35(2,24-52-9-3-8-38)25-53-10-4-30(43)36-6-12-48-14-16-50-18-20-55-33(47)32(45)46/h8,27-29,32-34,39-42,45-47H,3-7,9-26H2,1-2H3,(H,36,43)(H,37,44). The van der Waals surface area contributed by atoms with Gasteiger partial charge in [-0.15, -0.1) is 0 Å². The van der Waals surface area contributed by atoms with Crippen LogP contribution in [0.5, 0.6) is 0 Å². The molecular formula is C35H68N2O20. The molecule has 0 fully saturated rings. The molecule has 0 heterocycles. The van der Waals surface area contributed by atoms with E-state index in [4.69, 9.17) is 62.7 Å². The van der Waals surface area contributed by atoms with Gasteiger partial charge in [-0.2, -0.15) is 0 Å². The Morgan fingerprint density at radius 1 is 0.614 bits per heavy atom. The summed E-state index contributed by atoms with van der Waals surface area (Å²) in [5.74, 6) is -0.462. The summed E-state index contributed by atoms with van der Waals surface area (Å²) in [7, 11) is 0. The van der Waals surface area contributed by atoms with Gasteiger partial charge in [0.05, 0.1) is 125 Å². The number of nitrogens with one attached hydrogen (secondary N) is 2. The number of aldehydes is 1. The lowest BCUT2D eigenvalue weighted by molar-refractivity contribution is -0.243. The Kier molecular flexibility index (Phi) is 35.6. The maximum atomic E-state index is 12.2. The Balaban J connectivity index is 4.11. The van der Waals surface area contributed by atoms with Crippen LogP contribution in [-0.2, 0) is 61.8 Å². The highest BCUT2D eigenvalue weighted by Crippen LogP contribution is 2.19. The maximum Gasteiger partial charge on any atom is 0.222 e. The van der Waals surface area contributed by atoms with Crippen molar-refractivity contribution in [3.8, 4) is 0 Å². The van der Waals surface area contributed by atoms with E-state index in [1.807, 2.05) is 6.92 Å². The Bertz CT molecular complexity index is 970. The van der Waals surface area contributed by atoms with Crippen molar-refractivity contribution < 1.29 is 97.5 Å². The fourth-order valence-corrected chi connectivity index (χ4v) is 4.23. The molecule has 338 valence electrons. The second-order valence-electron chi connectivity index (χ2n) is 12.8. The fourth-order valence-electron chi connectivity index (χ4n) is 4.23. The van der Waals surface area contributed by atoms with Crippen molar-refractivity contribution >= 4 is 18.1 Å². The van der Waals surface area contributed by atoms with Crippen LogP contribution in [0.3, 0.4) is 0 Å². The van der Waals surface area contributed by atoms with Crippen LogP contribution in [-0.4, -0.2) is 223 Å². The number of amides is 2. The number of aliphatic hydroxyl groups is 7. The maximum absolute atomic E-state index is 12.2. The highest BCUT2D eigenvalue weighted by molar-refractivity contribution is 5.76. The fraction of sp³-hybridized carbons (Fsp3) is 0.914. The molecule has 0 saturated heterocycles. The predicted molar refractivity (Wildman–Crippen MR) is 196 cm³/mol. The molecule has 9 N–H and O–H groups in total. The summed E-state index contributed by atoms with van der Waals surface area (Å²) >= 11 is 0. The Morgan fingerprint density at radius 2 is 1.07 bits per heavy atom. The Labute approximate surface area is 333 Å². The normalized spacial score (nSPS) is 15.5. The molecule has 0 aliphatic carbocycles. The largest absolute Gasteiger partial charge is 0.394 e. The number of carbonyl (C=O) groups is 3. The first-order chi connectivity index (χ1) is 27.4. The number of hydrogen-bond donors (Lipinski definition) is 9. The van der Waals surface area contributed by atoms with Crippen molar-refractivity contribution in [1.82, 2.24) is 10.6 Å². The molecule has 0 aliphatic heterocycles. The van der Waals surface area contributed by atoms with Crippen LogP contribution in [0.25, 0.3) is 0 Å². The molecule has 0 aliphatic rings. The van der Waals surface area contributed by atoms with Crippen LogP contribution in [0.1, 0.15) is 33.1 Å². The smallest absolute Gasteiger partial charge is 0.222 e. The van der Waals surface area contributed by atoms with Crippen molar-refractivity contribution in [2.24, 2.45) is 5.41 Å². The highest BCUT2D eigenvalue weighted by atomic mass is 16.7. The molecule has 6 atom stereocenters. The van der Waals surface area contributed by atoms with Gasteiger partial charge in [-0.1, -0.05) is 6.92 Å². The van der Waals surface area contributed by atoms with Gasteiger partial charge in [0.15, 0.2) is 6.29 Å². The van der Waals surface area contributed by atoms with Crippen molar-refractivity contribution in [3.63, 3.8) is 0 Å². The molecular weight excluding hydrogens is 768 g/mol. The van der Waals surface area contributed by atoms with Gasteiger partial charge >= 0.3 is 0 Å². The molecule has 0 aromatic heterocycles. The van der Waals surface area contributed by atoms with Crippen LogP contribution < -0.4 is 10.6 Å². The minimum atomic E-state index is -1.98. The zero-order chi connectivity index (χ0) is 42.6. The second kappa shape index (κ2) is 37.0. The summed E-state index contributed by atoms with van der Waals surface area (Å²) < 4.78 is 53.9. The number of rotatable bonds is 42. The molecule has 0 aromatic carbocycles. The topological polar surface area (TPSA) is 309 Å². The SMILES string of the molecule is CC(O)C(CO)OC(OCCOCCOCCNC(=O)CCOCC(C)(COCCC=O)COCCC(=O)NCCOCCOCCOC(O)C(O)O)C(O)CO. The summed E-state index contributed by atoms with van der Waals surface area (Å²) in [5, 5.41) is 69.8. The van der Waals surface area contributed by atoms with Gasteiger partial charge in [-0.25, -0.2) is 0 Å². The molecule has 57 heavy (non-hydrogen) atoms. The summed E-state index contributed by atoms with van der Waals surface area (Å²) in [6, 6.07) is 0. The van der Waals surface area contributed by atoms with E-state index in [-0.39, 0.29) is 150 Å². The first-order valence-electron chi connectivity index (χ1n) is 18.9. The van der Waals surface area contributed by atoms with Gasteiger partial charge in [0, 0.05) is 37.8 Å². The van der Waals surface area contributed by atoms with E-state index < -0.39 is 55.8 Å². The summed E-state index contributed by atoms with van der Waals surface area (Å²) in [5.41, 5.74) is -0.614. The summed E-state index contributed by atoms with van der Waals surface area (Å²) in [6.45, 7) is 5.52. The Hall–Kier alpha value is -2.07. The molecule has 0 rings (SSSR count). The summed E-state index contributed by atoms with van der Waals surface area (Å²) in [6.07, 6.45) is -7.14. The third-order valence-electron chi connectivity index (χ3n) is 7.37. The third-order valence-corrected chi connectivity index (χ3v) is 7.37. The van der Waals surface area contributed by atoms with Gasteiger partial charge in [0.2, 0.25) is 24.4 Å². The summed E-state index contributed by atoms with van der Waals surface area (Å²) in [4.78, 5) is 35.1. The number of carbonyl (C=O) groups excluding carboxylic acids is 3. The molecule has 0 saturated carbocycles. The predicted octanol–water partition coefficient (Wildman–Crippen LogP) is -4.19. The number of hydrogen-bond acceptors (Lipinski definition) is 20. The van der Waals surface area contributed by atoms with Crippen LogP contribution in [0.4, 0.5) is 0 Å². The molecule has 2 amide bonds. The van der Waals surface area contributed by atoms with Crippen molar-refractivity contribution in [1.29, 1.82) is 0 Å². The van der Waals surface area contributed by atoms with Crippen LogP contribution in [0.2, 0.25) is 0 Å². The van der Waals surface area contributed by atoms with Gasteiger partial charge in [0.25, 0.3) is 0 Å². The van der Waals surface area contributed by atoms with Gasteiger partial charge < -0.3 is 98.5 Å². The lowest BCUT2D eigenvalue weighted by Crippen LogP contribution is -2.42. The van der Waals surface area contributed by atoms with Crippen LogP contribution in [0, 0.1) is 5.41 Å². The number of ether oxygens (including phenoxy) is 10. The van der Waals surface area contributed by atoms with Crippen molar-refractivity contribution in [2.75, 3.05) is 132 Å². The molecule has 6 unspecified atom stereocenters. The van der Waals surface area contributed by atoms with Gasteiger partial charge in [-0.3, -0.25) is 9.59 Å². The van der Waals surface area contributed by atoms with E-state index in [1.54, 1.807) is 0 Å². The average molecular weight is 837 g/mol. The lowest BCUT2D eigenvalue weighted by atomic mass is 9.94. The monoisotopic (exact) mass is 836 g/mol. The first-order valence-corrected chi connectivity index (χ1v) is 18.9. The highest BCUT2D eigenvalue weighted by Gasteiger charge is 2.27. The zero-order valence-corrected chi connectivity index (χ0v) is 33.2. The van der Waals surface area contributed by atoms with E-state index in [0.717, 1.165) is 6.29 Å².